The van der Waals surface area contributed by atoms with Gasteiger partial charge in [0.2, 0.25) is 0 Å². The van der Waals surface area contributed by atoms with Crippen LogP contribution < -0.4 is 4.74 Å². The number of benzene rings is 1. The summed E-state index contributed by atoms with van der Waals surface area (Å²) in [4.78, 5) is 15.6. The Labute approximate surface area is 98.8 Å². The Morgan fingerprint density at radius 2 is 2.06 bits per heavy atom. The molecule has 0 radical (unpaired) electrons. The monoisotopic (exact) mass is 241 g/mol. The fourth-order valence-electron chi connectivity index (χ4n) is 1.22. The van der Waals surface area contributed by atoms with Crippen molar-refractivity contribution in [1.29, 1.82) is 0 Å². The maximum atomic E-state index is 10.9. The van der Waals surface area contributed by atoms with E-state index < -0.39 is 5.97 Å². The number of carbonyl (C=O) groups is 1. The summed E-state index contributed by atoms with van der Waals surface area (Å²) in [6.45, 7) is 3.08. The molecule has 1 aromatic rings. The highest BCUT2D eigenvalue weighted by Gasteiger charge is 2.10. The largest absolute Gasteiger partial charge is 0.426 e. The van der Waals surface area contributed by atoms with Crippen molar-refractivity contribution in [2.45, 2.75) is 13.8 Å². The number of nitrogens with zero attached hydrogens (tertiary/aromatic N) is 1. The van der Waals surface area contributed by atoms with E-state index in [4.69, 9.17) is 16.3 Å². The Kier molecular flexibility index (Phi) is 4.31. The molecule has 4 nitrogen and oxygen atoms in total. The molecule has 0 heterocycles. The third-order valence-corrected chi connectivity index (χ3v) is 2.05. The highest BCUT2D eigenvalue weighted by Crippen LogP contribution is 2.24. The van der Waals surface area contributed by atoms with Crippen molar-refractivity contribution >= 4 is 23.3 Å². The molecule has 0 saturated carbocycles. The minimum Gasteiger partial charge on any atom is -0.426 e. The summed E-state index contributed by atoms with van der Waals surface area (Å²) in [5.41, 5.74) is 1.27. The highest BCUT2D eigenvalue weighted by atomic mass is 35.5. The molecule has 5 heteroatoms. The van der Waals surface area contributed by atoms with Gasteiger partial charge in [-0.05, 0) is 19.1 Å². The number of hydrogen-bond donors (Lipinski definition) is 0. The van der Waals surface area contributed by atoms with Crippen LogP contribution in [0.2, 0.25) is 5.02 Å². The fraction of sp³-hybridized carbons (Fsp3) is 0.273. The number of ether oxygens (including phenoxy) is 1. The summed E-state index contributed by atoms with van der Waals surface area (Å²) in [7, 11) is 1.45. The van der Waals surface area contributed by atoms with Gasteiger partial charge in [0.1, 0.15) is 12.9 Å². The summed E-state index contributed by atoms with van der Waals surface area (Å²) in [6.07, 6.45) is 0. The Morgan fingerprint density at radius 3 is 2.62 bits per heavy atom. The SMILES string of the molecule is CO/N=C(\C)c1ccc(Cl)cc1OC(C)=O. The van der Waals surface area contributed by atoms with E-state index in [1.165, 1.54) is 14.0 Å². The van der Waals surface area contributed by atoms with E-state index in [0.29, 0.717) is 22.0 Å². The molecule has 0 N–H and O–H groups in total. The maximum absolute atomic E-state index is 10.9. The molecule has 1 rings (SSSR count). The number of carbonyl (C=O) groups excluding carboxylic acids is 1. The van der Waals surface area contributed by atoms with Crippen LogP contribution in [-0.2, 0) is 9.63 Å². The lowest BCUT2D eigenvalue weighted by Gasteiger charge is -2.08. The van der Waals surface area contributed by atoms with E-state index in [-0.39, 0.29) is 0 Å². The second kappa shape index (κ2) is 5.51. The van der Waals surface area contributed by atoms with Gasteiger partial charge in [0.15, 0.2) is 0 Å². The number of hydrogen-bond acceptors (Lipinski definition) is 4. The molecule has 16 heavy (non-hydrogen) atoms. The molecule has 0 amide bonds. The van der Waals surface area contributed by atoms with Crippen molar-refractivity contribution in [3.8, 4) is 5.75 Å². The van der Waals surface area contributed by atoms with E-state index in [1.807, 2.05) is 0 Å². The lowest BCUT2D eigenvalue weighted by atomic mass is 10.1. The van der Waals surface area contributed by atoms with Crippen molar-refractivity contribution in [3.63, 3.8) is 0 Å². The number of halogens is 1. The molecule has 0 aliphatic rings. The van der Waals surface area contributed by atoms with Gasteiger partial charge in [-0.15, -0.1) is 0 Å². The Morgan fingerprint density at radius 1 is 1.38 bits per heavy atom. The zero-order valence-electron chi connectivity index (χ0n) is 9.28. The van der Waals surface area contributed by atoms with Gasteiger partial charge in [0, 0.05) is 23.6 Å². The first kappa shape index (κ1) is 12.5. The second-order valence-corrected chi connectivity index (χ2v) is 3.53. The van der Waals surface area contributed by atoms with Crippen molar-refractivity contribution < 1.29 is 14.4 Å². The lowest BCUT2D eigenvalue weighted by molar-refractivity contribution is -0.131. The first-order valence-corrected chi connectivity index (χ1v) is 4.98. The van der Waals surface area contributed by atoms with Crippen LogP contribution in [-0.4, -0.2) is 18.8 Å². The molecule has 86 valence electrons. The van der Waals surface area contributed by atoms with Crippen molar-refractivity contribution in [1.82, 2.24) is 0 Å². The predicted octanol–water partition coefficient (Wildman–Crippen LogP) is 2.64. The molecule has 0 bridgehead atoms. The first-order valence-electron chi connectivity index (χ1n) is 4.60. The molecule has 0 unspecified atom stereocenters. The van der Waals surface area contributed by atoms with Crippen LogP contribution in [0.3, 0.4) is 0 Å². The van der Waals surface area contributed by atoms with Gasteiger partial charge in [0.25, 0.3) is 0 Å². The summed E-state index contributed by atoms with van der Waals surface area (Å²) >= 11 is 5.82. The number of oxime groups is 1. The topological polar surface area (TPSA) is 47.9 Å². The van der Waals surface area contributed by atoms with Crippen LogP contribution in [0.15, 0.2) is 23.4 Å². The summed E-state index contributed by atoms with van der Waals surface area (Å²) < 4.78 is 5.03. The Balaban J connectivity index is 3.16. The molecule has 0 spiro atoms. The van der Waals surface area contributed by atoms with Crippen LogP contribution in [0, 0.1) is 0 Å². The molecule has 0 aromatic heterocycles. The quantitative estimate of drug-likeness (QED) is 0.354. The first-order chi connectivity index (χ1) is 7.54. The molecule has 0 atom stereocenters. The van der Waals surface area contributed by atoms with E-state index >= 15 is 0 Å². The van der Waals surface area contributed by atoms with E-state index in [2.05, 4.69) is 9.99 Å². The molecular weight excluding hydrogens is 230 g/mol. The molecule has 0 fully saturated rings. The highest BCUT2D eigenvalue weighted by molar-refractivity contribution is 6.31. The molecule has 0 aliphatic heterocycles. The zero-order valence-corrected chi connectivity index (χ0v) is 10.0. The van der Waals surface area contributed by atoms with E-state index in [1.54, 1.807) is 25.1 Å². The van der Waals surface area contributed by atoms with E-state index in [9.17, 15) is 4.79 Å². The second-order valence-electron chi connectivity index (χ2n) is 3.09. The van der Waals surface area contributed by atoms with Crippen molar-refractivity contribution in [3.05, 3.63) is 28.8 Å². The van der Waals surface area contributed by atoms with Crippen LogP contribution in [0.4, 0.5) is 0 Å². The van der Waals surface area contributed by atoms with Crippen LogP contribution in [0.1, 0.15) is 19.4 Å². The standard InChI is InChI=1S/C11H12ClNO3/c1-7(13-15-3)10-5-4-9(12)6-11(10)16-8(2)14/h4-6H,1-3H3/b13-7+. The van der Waals surface area contributed by atoms with Gasteiger partial charge in [0.05, 0.1) is 5.71 Å². The summed E-state index contributed by atoms with van der Waals surface area (Å²) in [5.74, 6) is -0.0352. The Bertz CT molecular complexity index is 429. The molecule has 0 aliphatic carbocycles. The predicted molar refractivity (Wildman–Crippen MR) is 62.0 cm³/mol. The third-order valence-electron chi connectivity index (χ3n) is 1.82. The maximum Gasteiger partial charge on any atom is 0.308 e. The molecular formula is C11H12ClNO3. The van der Waals surface area contributed by atoms with Crippen molar-refractivity contribution in [2.75, 3.05) is 7.11 Å². The third kappa shape index (κ3) is 3.24. The fourth-order valence-corrected chi connectivity index (χ4v) is 1.38. The van der Waals surface area contributed by atoms with Gasteiger partial charge >= 0.3 is 5.97 Å². The van der Waals surface area contributed by atoms with Crippen LogP contribution in [0.5, 0.6) is 5.75 Å². The molecule has 1 aromatic carbocycles. The smallest absolute Gasteiger partial charge is 0.308 e. The van der Waals surface area contributed by atoms with Crippen LogP contribution >= 0.6 is 11.6 Å². The average molecular weight is 242 g/mol. The normalized spacial score (nSPS) is 11.1. The minimum absolute atomic E-state index is 0.373. The number of esters is 1. The minimum atomic E-state index is -0.409. The van der Waals surface area contributed by atoms with E-state index in [0.717, 1.165) is 0 Å². The van der Waals surface area contributed by atoms with Crippen molar-refractivity contribution in [2.24, 2.45) is 5.16 Å². The average Bonchev–Trinajstić information content (AvgIpc) is 2.16. The number of rotatable bonds is 3. The van der Waals surface area contributed by atoms with Gasteiger partial charge in [-0.25, -0.2) is 0 Å². The summed E-state index contributed by atoms with van der Waals surface area (Å²) in [6, 6.07) is 4.98. The van der Waals surface area contributed by atoms with Gasteiger partial charge in [-0.2, -0.15) is 0 Å². The van der Waals surface area contributed by atoms with Gasteiger partial charge < -0.3 is 9.57 Å². The van der Waals surface area contributed by atoms with Crippen LogP contribution in [0.25, 0.3) is 0 Å². The van der Waals surface area contributed by atoms with Gasteiger partial charge in [-0.3, -0.25) is 4.79 Å². The zero-order chi connectivity index (χ0) is 12.1. The Hall–Kier alpha value is -1.55. The summed E-state index contributed by atoms with van der Waals surface area (Å²) in [5, 5.41) is 4.27. The lowest BCUT2D eigenvalue weighted by Crippen LogP contribution is -2.06. The van der Waals surface area contributed by atoms with Gasteiger partial charge in [-0.1, -0.05) is 16.8 Å². The molecule has 0 saturated heterocycles.